The van der Waals surface area contributed by atoms with Gasteiger partial charge in [-0.25, -0.2) is 4.79 Å². The molecule has 0 aromatic heterocycles. The van der Waals surface area contributed by atoms with E-state index in [9.17, 15) is 4.79 Å². The van der Waals surface area contributed by atoms with Gasteiger partial charge in [0.25, 0.3) is 0 Å². The molecule has 3 N–H and O–H groups in total. The molecule has 1 aliphatic carbocycles. The van der Waals surface area contributed by atoms with Crippen LogP contribution in [-0.4, -0.2) is 18.2 Å². The lowest BCUT2D eigenvalue weighted by Crippen LogP contribution is -2.06. The van der Waals surface area contributed by atoms with Gasteiger partial charge < -0.3 is 15.6 Å². The number of anilines is 1. The van der Waals surface area contributed by atoms with E-state index in [-0.39, 0.29) is 11.3 Å². The third-order valence-corrected chi connectivity index (χ3v) is 3.40. The summed E-state index contributed by atoms with van der Waals surface area (Å²) in [6.07, 6.45) is 4.65. The molecule has 1 aliphatic rings. The number of methoxy groups -OCH3 is 1. The number of ether oxygens (including phenoxy) is 1. The largest absolute Gasteiger partial charge is 0.494 e. The van der Waals surface area contributed by atoms with Gasteiger partial charge in [-0.1, -0.05) is 12.8 Å². The number of carboxylic acids is 1. The van der Waals surface area contributed by atoms with Crippen LogP contribution in [0.3, 0.4) is 0 Å². The van der Waals surface area contributed by atoms with Crippen molar-refractivity contribution >= 4 is 11.7 Å². The van der Waals surface area contributed by atoms with E-state index in [1.165, 1.54) is 20.0 Å². The molecule has 0 unspecified atom stereocenters. The van der Waals surface area contributed by atoms with Crippen LogP contribution in [0.2, 0.25) is 0 Å². The van der Waals surface area contributed by atoms with E-state index < -0.39 is 5.97 Å². The van der Waals surface area contributed by atoms with E-state index in [0.717, 1.165) is 18.4 Å². The fraction of sp³-hybridized carbons (Fsp3) is 0.462. The molecule has 0 bridgehead atoms. The average Bonchev–Trinajstić information content (AvgIpc) is 2.81. The van der Waals surface area contributed by atoms with Crippen molar-refractivity contribution in [1.82, 2.24) is 0 Å². The predicted octanol–water partition coefficient (Wildman–Crippen LogP) is 2.63. The number of carbonyl (C=O) groups is 1. The van der Waals surface area contributed by atoms with Crippen molar-refractivity contribution < 1.29 is 14.6 Å². The Bertz CT molecular complexity index is 437. The lowest BCUT2D eigenvalue weighted by atomic mass is 9.95. The SMILES string of the molecule is COc1c(N)cc(C2CCCC2)cc1C(=O)O. The number of carboxylic acid groups (broad SMARTS) is 1. The Morgan fingerprint density at radius 1 is 1.41 bits per heavy atom. The van der Waals surface area contributed by atoms with Crippen LogP contribution in [-0.2, 0) is 0 Å². The minimum Gasteiger partial charge on any atom is -0.494 e. The molecular weight excluding hydrogens is 218 g/mol. The quantitative estimate of drug-likeness (QED) is 0.790. The molecule has 17 heavy (non-hydrogen) atoms. The van der Waals surface area contributed by atoms with Crippen LogP contribution in [0.5, 0.6) is 5.75 Å². The maximum atomic E-state index is 11.2. The number of aromatic carboxylic acids is 1. The Morgan fingerprint density at radius 3 is 2.59 bits per heavy atom. The van der Waals surface area contributed by atoms with Crippen LogP contribution < -0.4 is 10.5 Å². The maximum Gasteiger partial charge on any atom is 0.339 e. The number of nitrogen functional groups attached to an aromatic ring is 1. The van der Waals surface area contributed by atoms with Crippen LogP contribution in [0.1, 0.15) is 47.5 Å². The van der Waals surface area contributed by atoms with Crippen molar-refractivity contribution in [2.24, 2.45) is 0 Å². The van der Waals surface area contributed by atoms with Crippen molar-refractivity contribution in [3.8, 4) is 5.75 Å². The molecule has 0 aliphatic heterocycles. The fourth-order valence-electron chi connectivity index (χ4n) is 2.56. The van der Waals surface area contributed by atoms with Gasteiger partial charge in [-0.05, 0) is 36.5 Å². The van der Waals surface area contributed by atoms with Gasteiger partial charge in [0.05, 0.1) is 12.8 Å². The number of rotatable bonds is 3. The summed E-state index contributed by atoms with van der Waals surface area (Å²) in [6.45, 7) is 0. The summed E-state index contributed by atoms with van der Waals surface area (Å²) in [6, 6.07) is 3.55. The Labute approximate surface area is 100 Å². The van der Waals surface area contributed by atoms with E-state index in [2.05, 4.69) is 0 Å². The molecule has 0 amide bonds. The standard InChI is InChI=1S/C13H17NO3/c1-17-12-10(13(15)16)6-9(7-11(12)14)8-4-2-3-5-8/h6-8H,2-5,14H2,1H3,(H,15,16). The Balaban J connectivity index is 2.45. The van der Waals surface area contributed by atoms with Crippen molar-refractivity contribution in [3.63, 3.8) is 0 Å². The molecule has 2 rings (SSSR count). The molecule has 0 atom stereocenters. The molecule has 1 aromatic carbocycles. The van der Waals surface area contributed by atoms with Gasteiger partial charge in [-0.2, -0.15) is 0 Å². The number of benzene rings is 1. The zero-order chi connectivity index (χ0) is 12.4. The van der Waals surface area contributed by atoms with Crippen molar-refractivity contribution in [2.45, 2.75) is 31.6 Å². The van der Waals surface area contributed by atoms with E-state index in [4.69, 9.17) is 15.6 Å². The topological polar surface area (TPSA) is 72.5 Å². The maximum absolute atomic E-state index is 11.2. The summed E-state index contributed by atoms with van der Waals surface area (Å²) in [5, 5.41) is 9.15. The first-order valence-electron chi connectivity index (χ1n) is 5.84. The smallest absolute Gasteiger partial charge is 0.339 e. The number of hydrogen-bond acceptors (Lipinski definition) is 3. The lowest BCUT2D eigenvalue weighted by molar-refractivity contribution is 0.0693. The number of hydrogen-bond donors (Lipinski definition) is 2. The second-order valence-corrected chi connectivity index (χ2v) is 4.48. The highest BCUT2D eigenvalue weighted by Crippen LogP contribution is 2.38. The lowest BCUT2D eigenvalue weighted by Gasteiger charge is -2.14. The molecule has 1 fully saturated rings. The first kappa shape index (κ1) is 11.8. The Hall–Kier alpha value is -1.71. The van der Waals surface area contributed by atoms with E-state index in [1.54, 1.807) is 6.07 Å². The van der Waals surface area contributed by atoms with Gasteiger partial charge >= 0.3 is 5.97 Å². The van der Waals surface area contributed by atoms with Gasteiger partial charge in [0.15, 0.2) is 5.75 Å². The molecule has 92 valence electrons. The normalized spacial score (nSPS) is 16.1. The Kier molecular flexibility index (Phi) is 3.22. The number of nitrogens with two attached hydrogens (primary N) is 1. The first-order valence-corrected chi connectivity index (χ1v) is 5.84. The highest BCUT2D eigenvalue weighted by Gasteiger charge is 2.22. The Morgan fingerprint density at radius 2 is 2.06 bits per heavy atom. The van der Waals surface area contributed by atoms with Crippen LogP contribution >= 0.6 is 0 Å². The van der Waals surface area contributed by atoms with E-state index >= 15 is 0 Å². The highest BCUT2D eigenvalue weighted by molar-refractivity contribution is 5.93. The second kappa shape index (κ2) is 4.65. The van der Waals surface area contributed by atoms with Crippen LogP contribution in [0.25, 0.3) is 0 Å². The highest BCUT2D eigenvalue weighted by atomic mass is 16.5. The molecule has 0 radical (unpaired) electrons. The summed E-state index contributed by atoms with van der Waals surface area (Å²) in [5.74, 6) is -0.283. The fourth-order valence-corrected chi connectivity index (χ4v) is 2.56. The van der Waals surface area contributed by atoms with Crippen molar-refractivity contribution in [3.05, 3.63) is 23.3 Å². The minimum absolute atomic E-state index is 0.161. The zero-order valence-corrected chi connectivity index (χ0v) is 9.90. The summed E-state index contributed by atoms with van der Waals surface area (Å²) < 4.78 is 5.05. The van der Waals surface area contributed by atoms with Crippen molar-refractivity contribution in [2.75, 3.05) is 12.8 Å². The van der Waals surface area contributed by atoms with Gasteiger partial charge in [-0.15, -0.1) is 0 Å². The first-order chi connectivity index (χ1) is 8.13. The molecular formula is C13H17NO3. The van der Waals surface area contributed by atoms with Crippen molar-refractivity contribution in [1.29, 1.82) is 0 Å². The zero-order valence-electron chi connectivity index (χ0n) is 9.90. The predicted molar refractivity (Wildman–Crippen MR) is 65.6 cm³/mol. The molecule has 4 nitrogen and oxygen atoms in total. The molecule has 0 heterocycles. The molecule has 4 heteroatoms. The molecule has 0 spiro atoms. The summed E-state index contributed by atoms with van der Waals surface area (Å²) >= 11 is 0. The monoisotopic (exact) mass is 235 g/mol. The average molecular weight is 235 g/mol. The van der Waals surface area contributed by atoms with Gasteiger partial charge in [-0.3, -0.25) is 0 Å². The van der Waals surface area contributed by atoms with E-state index in [0.29, 0.717) is 11.6 Å². The third-order valence-electron chi connectivity index (χ3n) is 3.40. The van der Waals surface area contributed by atoms with E-state index in [1.807, 2.05) is 6.07 Å². The molecule has 1 aromatic rings. The van der Waals surface area contributed by atoms with Gasteiger partial charge in [0.2, 0.25) is 0 Å². The van der Waals surface area contributed by atoms with Crippen LogP contribution in [0, 0.1) is 0 Å². The van der Waals surface area contributed by atoms with Crippen LogP contribution in [0.4, 0.5) is 5.69 Å². The molecule has 0 saturated heterocycles. The minimum atomic E-state index is -0.992. The summed E-state index contributed by atoms with van der Waals surface area (Å²) in [4.78, 5) is 11.2. The van der Waals surface area contributed by atoms with Gasteiger partial charge in [0.1, 0.15) is 5.56 Å². The summed E-state index contributed by atoms with van der Waals surface area (Å²) in [5.41, 5.74) is 7.45. The summed E-state index contributed by atoms with van der Waals surface area (Å²) in [7, 11) is 1.44. The second-order valence-electron chi connectivity index (χ2n) is 4.48. The van der Waals surface area contributed by atoms with Crippen LogP contribution in [0.15, 0.2) is 12.1 Å². The third kappa shape index (κ3) is 2.20. The molecule has 1 saturated carbocycles. The van der Waals surface area contributed by atoms with Gasteiger partial charge in [0, 0.05) is 0 Å².